The average molecular weight is 316 g/mol. The van der Waals surface area contributed by atoms with Crippen molar-refractivity contribution in [2.45, 2.75) is 51.2 Å². The first-order valence-electron chi connectivity index (χ1n) is 7.68. The summed E-state index contributed by atoms with van der Waals surface area (Å²) in [6.07, 6.45) is 3.25. The van der Waals surface area contributed by atoms with E-state index in [0.29, 0.717) is 19.0 Å². The minimum atomic E-state index is -0.808. The molecule has 0 aromatic carbocycles. The van der Waals surface area contributed by atoms with Gasteiger partial charge in [0.25, 0.3) is 0 Å². The van der Waals surface area contributed by atoms with Gasteiger partial charge in [0.1, 0.15) is 0 Å². The van der Waals surface area contributed by atoms with E-state index in [9.17, 15) is 9.59 Å². The zero-order valence-electron chi connectivity index (χ0n) is 13.3. The molecule has 0 aromatic rings. The Bertz CT molecular complexity index is 355. The molecule has 1 heterocycles. The van der Waals surface area contributed by atoms with Crippen LogP contribution in [-0.2, 0) is 4.79 Å². The van der Waals surface area contributed by atoms with Crippen LogP contribution in [0.1, 0.15) is 46.5 Å². The number of rotatable bonds is 8. The molecular formula is C15H28N2O3S. The van der Waals surface area contributed by atoms with E-state index in [-0.39, 0.29) is 23.1 Å². The molecule has 1 fully saturated rings. The number of carboxylic acid groups (broad SMARTS) is 1. The molecule has 1 unspecified atom stereocenters. The van der Waals surface area contributed by atoms with E-state index in [1.165, 1.54) is 6.42 Å². The molecule has 1 aliphatic heterocycles. The van der Waals surface area contributed by atoms with Gasteiger partial charge in [-0.15, -0.1) is 0 Å². The van der Waals surface area contributed by atoms with Gasteiger partial charge in [0.2, 0.25) is 0 Å². The van der Waals surface area contributed by atoms with Crippen LogP contribution in [0, 0.1) is 11.8 Å². The highest BCUT2D eigenvalue weighted by atomic mass is 32.2. The maximum Gasteiger partial charge on any atom is 0.314 e. The lowest BCUT2D eigenvalue weighted by Gasteiger charge is -2.23. The summed E-state index contributed by atoms with van der Waals surface area (Å²) in [5.74, 6) is 0.768. The molecule has 6 heteroatoms. The Hall–Kier alpha value is -0.910. The van der Waals surface area contributed by atoms with Crippen LogP contribution in [0.5, 0.6) is 0 Å². The van der Waals surface area contributed by atoms with Gasteiger partial charge in [-0.2, -0.15) is 11.8 Å². The zero-order chi connectivity index (χ0) is 15.9. The summed E-state index contributed by atoms with van der Waals surface area (Å²) in [7, 11) is 0. The molecule has 0 aromatic heterocycles. The van der Waals surface area contributed by atoms with Gasteiger partial charge in [0.15, 0.2) is 0 Å². The summed E-state index contributed by atoms with van der Waals surface area (Å²) < 4.78 is 0.149. The lowest BCUT2D eigenvalue weighted by Crippen LogP contribution is -2.44. The van der Waals surface area contributed by atoms with E-state index >= 15 is 0 Å². The average Bonchev–Trinajstić information content (AvgIpc) is 2.80. The zero-order valence-corrected chi connectivity index (χ0v) is 14.1. The fourth-order valence-corrected chi connectivity index (χ4v) is 3.94. The maximum atomic E-state index is 11.8. The monoisotopic (exact) mass is 316 g/mol. The molecule has 122 valence electrons. The molecular weight excluding hydrogens is 288 g/mol. The Kier molecular flexibility index (Phi) is 7.35. The van der Waals surface area contributed by atoms with Crippen LogP contribution in [0.15, 0.2) is 0 Å². The first-order valence-corrected chi connectivity index (χ1v) is 8.67. The Morgan fingerprint density at radius 2 is 2.05 bits per heavy atom. The summed E-state index contributed by atoms with van der Waals surface area (Å²) in [4.78, 5) is 22.7. The summed E-state index contributed by atoms with van der Waals surface area (Å²) in [5.41, 5.74) is 0. The normalized spacial score (nSPS) is 23.0. The second kappa shape index (κ2) is 8.51. The van der Waals surface area contributed by atoms with Gasteiger partial charge in [-0.3, -0.25) is 4.79 Å². The third-order valence-electron chi connectivity index (χ3n) is 3.74. The molecule has 0 aliphatic carbocycles. The summed E-state index contributed by atoms with van der Waals surface area (Å²) in [6, 6.07) is -0.192. The number of nitrogens with one attached hydrogen (secondary N) is 2. The van der Waals surface area contributed by atoms with Crippen molar-refractivity contribution in [3.8, 4) is 0 Å². The minimum Gasteiger partial charge on any atom is -0.481 e. The van der Waals surface area contributed by atoms with Crippen LogP contribution in [-0.4, -0.2) is 40.7 Å². The molecule has 0 spiro atoms. The lowest BCUT2D eigenvalue weighted by atomic mass is 9.94. The standard InChI is InChI=1S/C15H28N2O3S/c1-11(2)7-12(8-13(18)19)9-16-14(20)17-10-15(3)5-4-6-21-15/h11-12H,4-10H2,1-3H3,(H,18,19)(H2,16,17,20)/t12-,15?/m0/s1. The van der Waals surface area contributed by atoms with Gasteiger partial charge in [-0.05, 0) is 43.8 Å². The van der Waals surface area contributed by atoms with E-state index < -0.39 is 5.97 Å². The van der Waals surface area contributed by atoms with E-state index in [0.717, 1.165) is 18.6 Å². The van der Waals surface area contributed by atoms with Crippen molar-refractivity contribution in [2.24, 2.45) is 11.8 Å². The van der Waals surface area contributed by atoms with Crippen molar-refractivity contribution in [3.05, 3.63) is 0 Å². The number of aliphatic carboxylic acids is 1. The number of hydrogen-bond donors (Lipinski definition) is 3. The molecule has 0 radical (unpaired) electrons. The molecule has 3 N–H and O–H groups in total. The first kappa shape index (κ1) is 18.1. The van der Waals surface area contributed by atoms with Crippen LogP contribution in [0.25, 0.3) is 0 Å². The predicted octanol–water partition coefficient (Wildman–Crippen LogP) is 2.71. The Morgan fingerprint density at radius 3 is 2.57 bits per heavy atom. The van der Waals surface area contributed by atoms with Crippen LogP contribution in [0.3, 0.4) is 0 Å². The largest absolute Gasteiger partial charge is 0.481 e. The lowest BCUT2D eigenvalue weighted by molar-refractivity contribution is -0.138. The van der Waals surface area contributed by atoms with Gasteiger partial charge in [-0.25, -0.2) is 4.79 Å². The van der Waals surface area contributed by atoms with Gasteiger partial charge in [0, 0.05) is 24.3 Å². The fourth-order valence-electron chi connectivity index (χ4n) is 2.70. The molecule has 1 rings (SSSR count). The molecule has 2 amide bonds. The van der Waals surface area contributed by atoms with Crippen molar-refractivity contribution in [1.29, 1.82) is 0 Å². The number of carboxylic acids is 1. The Morgan fingerprint density at radius 1 is 1.33 bits per heavy atom. The third-order valence-corrected chi connectivity index (χ3v) is 5.28. The quantitative estimate of drug-likeness (QED) is 0.643. The molecule has 0 saturated carbocycles. The predicted molar refractivity (Wildman–Crippen MR) is 86.7 cm³/mol. The van der Waals surface area contributed by atoms with Gasteiger partial charge in [0.05, 0.1) is 0 Å². The van der Waals surface area contributed by atoms with Gasteiger partial charge in [-0.1, -0.05) is 13.8 Å². The second-order valence-corrected chi connectivity index (χ2v) is 8.24. The minimum absolute atomic E-state index is 0.00954. The van der Waals surface area contributed by atoms with Crippen molar-refractivity contribution >= 4 is 23.8 Å². The van der Waals surface area contributed by atoms with Crippen molar-refractivity contribution in [3.63, 3.8) is 0 Å². The van der Waals surface area contributed by atoms with Crippen LogP contribution in [0.4, 0.5) is 4.79 Å². The molecule has 2 atom stereocenters. The van der Waals surface area contributed by atoms with E-state index in [1.54, 1.807) is 0 Å². The Balaban J connectivity index is 2.29. The molecule has 0 bridgehead atoms. The highest BCUT2D eigenvalue weighted by molar-refractivity contribution is 8.00. The van der Waals surface area contributed by atoms with Crippen molar-refractivity contribution < 1.29 is 14.7 Å². The molecule has 21 heavy (non-hydrogen) atoms. The number of carbonyl (C=O) groups is 2. The number of amides is 2. The highest BCUT2D eigenvalue weighted by Gasteiger charge is 2.29. The van der Waals surface area contributed by atoms with Crippen LogP contribution in [0.2, 0.25) is 0 Å². The summed E-state index contributed by atoms with van der Waals surface area (Å²) in [5, 5.41) is 14.6. The second-order valence-electron chi connectivity index (χ2n) is 6.56. The first-order chi connectivity index (χ1) is 9.81. The molecule has 1 saturated heterocycles. The van der Waals surface area contributed by atoms with Crippen LogP contribution >= 0.6 is 11.8 Å². The van der Waals surface area contributed by atoms with Gasteiger partial charge < -0.3 is 15.7 Å². The highest BCUT2D eigenvalue weighted by Crippen LogP contribution is 2.36. The number of hydrogen-bond acceptors (Lipinski definition) is 3. The fraction of sp³-hybridized carbons (Fsp3) is 0.867. The van der Waals surface area contributed by atoms with Crippen LogP contribution < -0.4 is 10.6 Å². The maximum absolute atomic E-state index is 11.8. The topological polar surface area (TPSA) is 78.4 Å². The SMILES string of the molecule is CC(C)C[C@H](CNC(=O)NCC1(C)CCCS1)CC(=O)O. The smallest absolute Gasteiger partial charge is 0.314 e. The van der Waals surface area contributed by atoms with Crippen molar-refractivity contribution in [2.75, 3.05) is 18.8 Å². The Labute approximate surface area is 131 Å². The molecule has 1 aliphatic rings. The number of urea groups is 1. The van der Waals surface area contributed by atoms with E-state index in [2.05, 4.69) is 31.4 Å². The summed E-state index contributed by atoms with van der Waals surface area (Å²) >= 11 is 1.91. The third kappa shape index (κ3) is 7.60. The number of thioether (sulfide) groups is 1. The molecule has 5 nitrogen and oxygen atoms in total. The summed E-state index contributed by atoms with van der Waals surface area (Å²) in [6.45, 7) is 7.38. The van der Waals surface area contributed by atoms with Gasteiger partial charge >= 0.3 is 12.0 Å². The number of carbonyl (C=O) groups excluding carboxylic acids is 1. The van der Waals surface area contributed by atoms with E-state index in [1.807, 2.05) is 11.8 Å². The van der Waals surface area contributed by atoms with E-state index in [4.69, 9.17) is 5.11 Å². The van der Waals surface area contributed by atoms with Crippen molar-refractivity contribution in [1.82, 2.24) is 10.6 Å².